The van der Waals surface area contributed by atoms with E-state index in [4.69, 9.17) is 9.47 Å². The minimum Gasteiger partial charge on any atom is -0.480 e. The molecule has 3 heterocycles. The molecule has 0 spiro atoms. The molecule has 1 fully saturated rings. The highest BCUT2D eigenvalue weighted by atomic mass is 16.5. The third-order valence-corrected chi connectivity index (χ3v) is 3.69. The molecule has 1 amide bonds. The van der Waals surface area contributed by atoms with Gasteiger partial charge in [0.15, 0.2) is 0 Å². The Morgan fingerprint density at radius 1 is 1.30 bits per heavy atom. The number of rotatable bonds is 4. The van der Waals surface area contributed by atoms with Gasteiger partial charge in [-0.1, -0.05) is 0 Å². The first-order valence-electron chi connectivity index (χ1n) is 7.42. The number of aromatic nitrogens is 3. The topological polar surface area (TPSA) is 77.4 Å². The van der Waals surface area contributed by atoms with Gasteiger partial charge in [-0.15, -0.1) is 5.10 Å². The van der Waals surface area contributed by atoms with Crippen LogP contribution in [0.25, 0.3) is 0 Å². The average molecular weight is 314 g/mol. The summed E-state index contributed by atoms with van der Waals surface area (Å²) in [6, 6.07) is 7.08. The van der Waals surface area contributed by atoms with Crippen LogP contribution in [0.15, 0.2) is 30.5 Å². The molecule has 7 heteroatoms. The number of hydrogen-bond acceptors (Lipinski definition) is 6. The largest absolute Gasteiger partial charge is 0.480 e. The summed E-state index contributed by atoms with van der Waals surface area (Å²) in [6.45, 7) is 3.00. The van der Waals surface area contributed by atoms with Gasteiger partial charge in [0.05, 0.1) is 19.3 Å². The number of hydrogen-bond donors (Lipinski definition) is 0. The van der Waals surface area contributed by atoms with Gasteiger partial charge in [0.25, 0.3) is 5.91 Å². The van der Waals surface area contributed by atoms with Crippen molar-refractivity contribution in [1.82, 2.24) is 20.1 Å². The lowest BCUT2D eigenvalue weighted by Gasteiger charge is -2.17. The van der Waals surface area contributed by atoms with Crippen molar-refractivity contribution in [2.75, 3.05) is 20.2 Å². The van der Waals surface area contributed by atoms with Gasteiger partial charge in [-0.2, -0.15) is 5.10 Å². The standard InChI is InChI=1S/C16H18N4O3/c1-11-5-6-14(19-18-11)23-12-7-9-20(10-12)16(21)13-4-3-8-17-15(13)22-2/h3-6,8,12H,7,9-10H2,1-2H3/t12-/m0/s1. The first-order valence-corrected chi connectivity index (χ1v) is 7.42. The molecule has 1 aliphatic rings. The van der Waals surface area contributed by atoms with Crippen molar-refractivity contribution in [2.45, 2.75) is 19.4 Å². The summed E-state index contributed by atoms with van der Waals surface area (Å²) >= 11 is 0. The van der Waals surface area contributed by atoms with Gasteiger partial charge in [0.1, 0.15) is 11.7 Å². The fourth-order valence-electron chi connectivity index (χ4n) is 2.52. The van der Waals surface area contributed by atoms with Crippen LogP contribution in [-0.2, 0) is 0 Å². The van der Waals surface area contributed by atoms with Gasteiger partial charge in [0, 0.05) is 25.2 Å². The van der Waals surface area contributed by atoms with E-state index in [-0.39, 0.29) is 12.0 Å². The molecule has 2 aromatic rings. The third kappa shape index (κ3) is 3.39. The number of likely N-dealkylation sites (tertiary alicyclic amines) is 1. The maximum absolute atomic E-state index is 12.6. The van der Waals surface area contributed by atoms with Gasteiger partial charge in [-0.05, 0) is 25.1 Å². The fraction of sp³-hybridized carbons (Fsp3) is 0.375. The molecule has 0 aliphatic carbocycles. The quantitative estimate of drug-likeness (QED) is 0.851. The van der Waals surface area contributed by atoms with Crippen molar-refractivity contribution in [3.63, 3.8) is 0 Å². The highest BCUT2D eigenvalue weighted by Crippen LogP contribution is 2.21. The zero-order valence-electron chi connectivity index (χ0n) is 13.1. The molecule has 1 saturated heterocycles. The van der Waals surface area contributed by atoms with Crippen molar-refractivity contribution in [3.8, 4) is 11.8 Å². The predicted molar refractivity (Wildman–Crippen MR) is 82.5 cm³/mol. The molecule has 23 heavy (non-hydrogen) atoms. The van der Waals surface area contributed by atoms with Gasteiger partial charge < -0.3 is 14.4 Å². The Morgan fingerprint density at radius 2 is 2.17 bits per heavy atom. The highest BCUT2D eigenvalue weighted by Gasteiger charge is 2.30. The Balaban J connectivity index is 1.65. The first-order chi connectivity index (χ1) is 11.2. The zero-order chi connectivity index (χ0) is 16.2. The summed E-state index contributed by atoms with van der Waals surface area (Å²) in [5.41, 5.74) is 1.30. The number of aryl methyl sites for hydroxylation is 1. The number of pyridine rings is 1. The van der Waals surface area contributed by atoms with Crippen LogP contribution in [0.4, 0.5) is 0 Å². The van der Waals surface area contributed by atoms with Crippen LogP contribution in [0.2, 0.25) is 0 Å². The van der Waals surface area contributed by atoms with Crippen LogP contribution in [0.5, 0.6) is 11.8 Å². The molecule has 2 aromatic heterocycles. The summed E-state index contributed by atoms with van der Waals surface area (Å²) in [5.74, 6) is 0.719. The Bertz CT molecular complexity index is 690. The minimum atomic E-state index is -0.101. The number of nitrogens with zero attached hydrogens (tertiary/aromatic N) is 4. The molecule has 0 radical (unpaired) electrons. The molecule has 1 aliphatic heterocycles. The molecular formula is C16H18N4O3. The van der Waals surface area contributed by atoms with E-state index in [0.717, 1.165) is 12.1 Å². The van der Waals surface area contributed by atoms with Crippen molar-refractivity contribution in [3.05, 3.63) is 41.7 Å². The predicted octanol–water partition coefficient (Wildman–Crippen LogP) is 1.48. The maximum Gasteiger partial charge on any atom is 0.259 e. The molecule has 0 aromatic carbocycles. The SMILES string of the molecule is COc1ncccc1C(=O)N1CC[C@H](Oc2ccc(C)nn2)C1. The molecule has 0 bridgehead atoms. The van der Waals surface area contributed by atoms with E-state index in [1.807, 2.05) is 13.0 Å². The maximum atomic E-state index is 12.6. The van der Waals surface area contributed by atoms with Crippen molar-refractivity contribution in [1.29, 1.82) is 0 Å². The van der Waals surface area contributed by atoms with E-state index in [1.54, 1.807) is 29.3 Å². The molecule has 0 unspecified atom stereocenters. The number of amides is 1. The van der Waals surface area contributed by atoms with E-state index in [2.05, 4.69) is 15.2 Å². The van der Waals surface area contributed by atoms with Crippen LogP contribution in [0.3, 0.4) is 0 Å². The first kappa shape index (κ1) is 15.2. The van der Waals surface area contributed by atoms with Gasteiger partial charge in [0.2, 0.25) is 11.8 Å². The van der Waals surface area contributed by atoms with E-state index in [1.165, 1.54) is 7.11 Å². The third-order valence-electron chi connectivity index (χ3n) is 3.69. The molecule has 3 rings (SSSR count). The summed E-state index contributed by atoms with van der Waals surface area (Å²) < 4.78 is 10.9. The molecule has 1 atom stereocenters. The molecule has 0 N–H and O–H groups in total. The lowest BCUT2D eigenvalue weighted by Crippen LogP contribution is -2.31. The zero-order valence-corrected chi connectivity index (χ0v) is 13.1. The van der Waals surface area contributed by atoms with Crippen LogP contribution >= 0.6 is 0 Å². The van der Waals surface area contributed by atoms with Crippen molar-refractivity contribution >= 4 is 5.91 Å². The van der Waals surface area contributed by atoms with E-state index in [9.17, 15) is 4.79 Å². The molecule has 0 saturated carbocycles. The van der Waals surface area contributed by atoms with Crippen molar-refractivity contribution < 1.29 is 14.3 Å². The van der Waals surface area contributed by atoms with E-state index in [0.29, 0.717) is 30.4 Å². The summed E-state index contributed by atoms with van der Waals surface area (Å²) in [6.07, 6.45) is 2.27. The van der Waals surface area contributed by atoms with Gasteiger partial charge in [-0.3, -0.25) is 4.79 Å². The lowest BCUT2D eigenvalue weighted by atomic mass is 10.2. The number of carbonyl (C=O) groups is 1. The Labute approximate surface area is 134 Å². The summed E-state index contributed by atoms with van der Waals surface area (Å²) in [4.78, 5) is 18.4. The lowest BCUT2D eigenvalue weighted by molar-refractivity contribution is 0.0766. The monoisotopic (exact) mass is 314 g/mol. The van der Waals surface area contributed by atoms with Crippen LogP contribution in [0, 0.1) is 6.92 Å². The highest BCUT2D eigenvalue weighted by molar-refractivity contribution is 5.96. The fourth-order valence-corrected chi connectivity index (χ4v) is 2.52. The van der Waals surface area contributed by atoms with Crippen molar-refractivity contribution in [2.24, 2.45) is 0 Å². The van der Waals surface area contributed by atoms with Gasteiger partial charge >= 0.3 is 0 Å². The minimum absolute atomic E-state index is 0.0846. The summed E-state index contributed by atoms with van der Waals surface area (Å²) in [5, 5.41) is 7.96. The summed E-state index contributed by atoms with van der Waals surface area (Å²) in [7, 11) is 1.51. The van der Waals surface area contributed by atoms with E-state index >= 15 is 0 Å². The normalized spacial score (nSPS) is 17.1. The number of ether oxygens (including phenoxy) is 2. The smallest absolute Gasteiger partial charge is 0.259 e. The Hall–Kier alpha value is -2.70. The second-order valence-corrected chi connectivity index (χ2v) is 5.35. The van der Waals surface area contributed by atoms with Gasteiger partial charge in [-0.25, -0.2) is 4.98 Å². The number of carbonyl (C=O) groups excluding carboxylic acids is 1. The molecule has 7 nitrogen and oxygen atoms in total. The Kier molecular flexibility index (Phi) is 4.36. The molecule has 120 valence electrons. The second kappa shape index (κ2) is 6.60. The van der Waals surface area contributed by atoms with Crippen LogP contribution in [0.1, 0.15) is 22.5 Å². The average Bonchev–Trinajstić information content (AvgIpc) is 3.05. The van der Waals surface area contributed by atoms with Crippen LogP contribution < -0.4 is 9.47 Å². The second-order valence-electron chi connectivity index (χ2n) is 5.35. The van der Waals surface area contributed by atoms with Crippen LogP contribution in [-0.4, -0.2) is 52.3 Å². The Morgan fingerprint density at radius 3 is 2.91 bits per heavy atom. The van der Waals surface area contributed by atoms with E-state index < -0.39 is 0 Å². The molecular weight excluding hydrogens is 296 g/mol. The number of methoxy groups -OCH3 is 1.